The van der Waals surface area contributed by atoms with E-state index in [-0.39, 0.29) is 17.6 Å². The number of amides is 2. The Labute approximate surface area is 188 Å². The van der Waals surface area contributed by atoms with Crippen LogP contribution in [0.1, 0.15) is 50.5 Å². The minimum Gasteiger partial charge on any atom is -0.490 e. The molecule has 8 heteroatoms. The van der Waals surface area contributed by atoms with Gasteiger partial charge in [-0.15, -0.1) is 0 Å². The lowest BCUT2D eigenvalue weighted by Crippen LogP contribution is -2.48. The molecule has 0 heterocycles. The zero-order valence-corrected chi connectivity index (χ0v) is 19.0. The molecule has 0 aliphatic heterocycles. The summed E-state index contributed by atoms with van der Waals surface area (Å²) in [7, 11) is 0. The van der Waals surface area contributed by atoms with Crippen molar-refractivity contribution in [2.24, 2.45) is 11.0 Å². The van der Waals surface area contributed by atoms with E-state index in [0.717, 1.165) is 0 Å². The number of benzene rings is 2. The van der Waals surface area contributed by atoms with E-state index < -0.39 is 23.7 Å². The third-order valence-corrected chi connectivity index (χ3v) is 4.36. The molecule has 0 saturated heterocycles. The van der Waals surface area contributed by atoms with Gasteiger partial charge in [0.15, 0.2) is 11.5 Å². The molecule has 0 aliphatic carbocycles. The molecular formula is C24H30FN3O4. The molecular weight excluding hydrogens is 413 g/mol. The summed E-state index contributed by atoms with van der Waals surface area (Å²) in [5, 5.41) is 6.67. The molecule has 0 bridgehead atoms. The van der Waals surface area contributed by atoms with Gasteiger partial charge < -0.3 is 14.8 Å². The highest BCUT2D eigenvalue weighted by Gasteiger charge is 2.24. The molecule has 2 aromatic rings. The Bertz CT molecular complexity index is 943. The number of halogens is 1. The molecule has 0 aliphatic rings. The van der Waals surface area contributed by atoms with Crippen molar-refractivity contribution in [1.82, 2.24) is 10.7 Å². The molecule has 2 rings (SSSR count). The van der Waals surface area contributed by atoms with Crippen molar-refractivity contribution in [1.29, 1.82) is 0 Å². The van der Waals surface area contributed by atoms with Gasteiger partial charge in [0.25, 0.3) is 11.8 Å². The number of nitrogens with one attached hydrogen (secondary N) is 2. The smallest absolute Gasteiger partial charge is 0.262 e. The van der Waals surface area contributed by atoms with E-state index in [1.165, 1.54) is 30.5 Å². The molecule has 0 aromatic heterocycles. The Balaban J connectivity index is 2.05. The third-order valence-electron chi connectivity index (χ3n) is 4.36. The Hall–Kier alpha value is -3.42. The van der Waals surface area contributed by atoms with Crippen molar-refractivity contribution in [3.63, 3.8) is 0 Å². The van der Waals surface area contributed by atoms with Gasteiger partial charge in [0, 0.05) is 5.56 Å². The quantitative estimate of drug-likeness (QED) is 0.430. The summed E-state index contributed by atoms with van der Waals surface area (Å²) in [6.07, 6.45) is 1.49. The van der Waals surface area contributed by atoms with Gasteiger partial charge in [-0.2, -0.15) is 5.10 Å². The first-order valence-electron chi connectivity index (χ1n) is 10.5. The van der Waals surface area contributed by atoms with Crippen LogP contribution in [-0.4, -0.2) is 36.8 Å². The monoisotopic (exact) mass is 443 g/mol. The van der Waals surface area contributed by atoms with Crippen LogP contribution in [0.5, 0.6) is 11.5 Å². The molecule has 0 saturated carbocycles. The van der Waals surface area contributed by atoms with Gasteiger partial charge in [-0.25, -0.2) is 9.82 Å². The normalized spacial score (nSPS) is 12.1. The van der Waals surface area contributed by atoms with E-state index in [1.54, 1.807) is 32.0 Å². The standard InChI is InChI=1S/C24H30FN3O4/c1-6-31-21-13-17(7-12-20(21)32-16(4)5)14-26-28-24(30)22(15(2)3)27-23(29)18-8-10-19(25)11-9-18/h7-16,22H,6H2,1-5H3,(H,27,29)(H,28,30). The first kappa shape index (κ1) is 24.8. The third kappa shape index (κ3) is 7.37. The van der Waals surface area contributed by atoms with Gasteiger partial charge in [-0.3, -0.25) is 9.59 Å². The Morgan fingerprint density at radius 1 is 1.06 bits per heavy atom. The van der Waals surface area contributed by atoms with Crippen LogP contribution < -0.4 is 20.2 Å². The maximum Gasteiger partial charge on any atom is 0.262 e. The molecule has 2 aromatic carbocycles. The second-order valence-electron chi connectivity index (χ2n) is 7.74. The van der Waals surface area contributed by atoms with E-state index >= 15 is 0 Å². The first-order valence-corrected chi connectivity index (χ1v) is 10.5. The molecule has 0 radical (unpaired) electrons. The van der Waals surface area contributed by atoms with Crippen LogP contribution in [0.25, 0.3) is 0 Å². The maximum absolute atomic E-state index is 13.1. The summed E-state index contributed by atoms with van der Waals surface area (Å²) in [6, 6.07) is 9.65. The summed E-state index contributed by atoms with van der Waals surface area (Å²) in [4.78, 5) is 25.0. The average molecular weight is 444 g/mol. The van der Waals surface area contributed by atoms with Gasteiger partial charge in [-0.1, -0.05) is 13.8 Å². The molecule has 1 atom stereocenters. The van der Waals surface area contributed by atoms with Crippen LogP contribution in [0.15, 0.2) is 47.6 Å². The highest BCUT2D eigenvalue weighted by atomic mass is 19.1. The van der Waals surface area contributed by atoms with Crippen LogP contribution in [0.2, 0.25) is 0 Å². The van der Waals surface area contributed by atoms with E-state index in [2.05, 4.69) is 15.8 Å². The largest absolute Gasteiger partial charge is 0.490 e. The second-order valence-corrected chi connectivity index (χ2v) is 7.74. The van der Waals surface area contributed by atoms with E-state index in [9.17, 15) is 14.0 Å². The summed E-state index contributed by atoms with van der Waals surface area (Å²) >= 11 is 0. The Morgan fingerprint density at radius 3 is 2.34 bits per heavy atom. The second kappa shape index (κ2) is 11.8. The molecule has 32 heavy (non-hydrogen) atoms. The number of hydrazone groups is 1. The Kier molecular flexibility index (Phi) is 9.19. The van der Waals surface area contributed by atoms with Gasteiger partial charge in [0.1, 0.15) is 11.9 Å². The van der Waals surface area contributed by atoms with Crippen LogP contribution in [-0.2, 0) is 4.79 Å². The van der Waals surface area contributed by atoms with Crippen molar-refractivity contribution in [2.45, 2.75) is 46.8 Å². The molecule has 2 N–H and O–H groups in total. The highest BCUT2D eigenvalue weighted by molar-refractivity contribution is 5.97. The lowest BCUT2D eigenvalue weighted by molar-refractivity contribution is -0.123. The zero-order valence-electron chi connectivity index (χ0n) is 19.0. The van der Waals surface area contributed by atoms with E-state index in [4.69, 9.17) is 9.47 Å². The van der Waals surface area contributed by atoms with E-state index in [1.807, 2.05) is 20.8 Å². The number of ether oxygens (including phenoxy) is 2. The SMILES string of the molecule is CCOc1cc(C=NNC(=O)C(NC(=O)c2ccc(F)cc2)C(C)C)ccc1OC(C)C. The fourth-order valence-corrected chi connectivity index (χ4v) is 2.83. The average Bonchev–Trinajstić information content (AvgIpc) is 2.73. The van der Waals surface area contributed by atoms with Crippen molar-refractivity contribution < 1.29 is 23.5 Å². The molecule has 172 valence electrons. The number of hydrogen-bond donors (Lipinski definition) is 2. The van der Waals surface area contributed by atoms with Gasteiger partial charge >= 0.3 is 0 Å². The highest BCUT2D eigenvalue weighted by Crippen LogP contribution is 2.28. The van der Waals surface area contributed by atoms with Crippen LogP contribution in [0, 0.1) is 11.7 Å². The maximum atomic E-state index is 13.1. The molecule has 7 nitrogen and oxygen atoms in total. The molecule has 1 unspecified atom stereocenters. The molecule has 0 spiro atoms. The van der Waals surface area contributed by atoms with Crippen LogP contribution in [0.4, 0.5) is 4.39 Å². The number of carbonyl (C=O) groups is 2. The van der Waals surface area contributed by atoms with Gasteiger partial charge in [0.05, 0.1) is 18.9 Å². The minimum absolute atomic E-state index is 0.00565. The Morgan fingerprint density at radius 2 is 1.75 bits per heavy atom. The lowest BCUT2D eigenvalue weighted by atomic mass is 10.0. The topological polar surface area (TPSA) is 89.0 Å². The van der Waals surface area contributed by atoms with Crippen molar-refractivity contribution >= 4 is 18.0 Å². The van der Waals surface area contributed by atoms with Gasteiger partial charge in [-0.05, 0) is 74.7 Å². The first-order chi connectivity index (χ1) is 15.2. The number of carbonyl (C=O) groups excluding carboxylic acids is 2. The van der Waals surface area contributed by atoms with Crippen molar-refractivity contribution in [2.75, 3.05) is 6.61 Å². The summed E-state index contributed by atoms with van der Waals surface area (Å²) in [5.74, 6) is -0.340. The predicted octanol–water partition coefficient (Wildman–Crippen LogP) is 3.92. The van der Waals surface area contributed by atoms with E-state index in [0.29, 0.717) is 23.7 Å². The van der Waals surface area contributed by atoms with Gasteiger partial charge in [0.2, 0.25) is 0 Å². The fourth-order valence-electron chi connectivity index (χ4n) is 2.83. The number of rotatable bonds is 10. The lowest BCUT2D eigenvalue weighted by Gasteiger charge is -2.20. The van der Waals surface area contributed by atoms with Crippen LogP contribution in [0.3, 0.4) is 0 Å². The molecule has 2 amide bonds. The summed E-state index contributed by atoms with van der Waals surface area (Å²) in [5.41, 5.74) is 3.43. The fraction of sp³-hybridized carbons (Fsp3) is 0.375. The van der Waals surface area contributed by atoms with Crippen molar-refractivity contribution in [3.8, 4) is 11.5 Å². The number of nitrogens with zero attached hydrogens (tertiary/aromatic N) is 1. The number of hydrogen-bond acceptors (Lipinski definition) is 5. The predicted molar refractivity (Wildman–Crippen MR) is 122 cm³/mol. The molecule has 0 fully saturated rings. The minimum atomic E-state index is -0.814. The van der Waals surface area contributed by atoms with Crippen molar-refractivity contribution in [3.05, 3.63) is 59.4 Å². The zero-order chi connectivity index (χ0) is 23.7. The summed E-state index contributed by atoms with van der Waals surface area (Å²) in [6.45, 7) is 9.84. The summed E-state index contributed by atoms with van der Waals surface area (Å²) < 4.78 is 24.4. The van der Waals surface area contributed by atoms with Crippen LogP contribution >= 0.6 is 0 Å².